The lowest BCUT2D eigenvalue weighted by atomic mass is 10.1. The van der Waals surface area contributed by atoms with Gasteiger partial charge in [-0.25, -0.2) is 13.4 Å². The van der Waals surface area contributed by atoms with Gasteiger partial charge in [-0.05, 0) is 74.5 Å². The van der Waals surface area contributed by atoms with Gasteiger partial charge in [0.1, 0.15) is 17.3 Å². The molecule has 39 heavy (non-hydrogen) atoms. The number of ether oxygens (including phenoxy) is 2. The van der Waals surface area contributed by atoms with E-state index in [4.69, 9.17) is 14.5 Å². The summed E-state index contributed by atoms with van der Waals surface area (Å²) in [5, 5.41) is 0.540. The highest BCUT2D eigenvalue weighted by Gasteiger charge is 2.32. The quantitative estimate of drug-likeness (QED) is 0.330. The fraction of sp³-hybridized carbons (Fsp3) is 0.310. The topological polar surface area (TPSA) is 94.0 Å². The van der Waals surface area contributed by atoms with Crippen LogP contribution >= 0.6 is 0 Å². The van der Waals surface area contributed by atoms with Gasteiger partial charge in [-0.2, -0.15) is 4.31 Å². The fourth-order valence-corrected chi connectivity index (χ4v) is 6.35. The average Bonchev–Trinajstić information content (AvgIpc) is 2.97. The van der Waals surface area contributed by atoms with Crippen molar-refractivity contribution in [3.05, 3.63) is 89.0 Å². The van der Waals surface area contributed by atoms with Crippen LogP contribution in [0.15, 0.2) is 82.5 Å². The molecule has 1 aromatic heterocycles. The second-order valence-electron chi connectivity index (χ2n) is 9.35. The van der Waals surface area contributed by atoms with Gasteiger partial charge in [0.15, 0.2) is 0 Å². The minimum Gasteiger partial charge on any atom is -0.497 e. The molecule has 1 aliphatic heterocycles. The van der Waals surface area contributed by atoms with Crippen molar-refractivity contribution in [2.24, 2.45) is 0 Å². The van der Waals surface area contributed by atoms with Crippen LogP contribution in [0.3, 0.4) is 0 Å². The Morgan fingerprint density at radius 1 is 0.897 bits per heavy atom. The van der Waals surface area contributed by atoms with E-state index >= 15 is 0 Å². The first kappa shape index (κ1) is 26.9. The highest BCUT2D eigenvalue weighted by molar-refractivity contribution is 7.89. The lowest BCUT2D eigenvalue weighted by molar-refractivity contribution is 0.140. The van der Waals surface area contributed by atoms with Crippen LogP contribution in [0.1, 0.15) is 25.7 Å². The number of nitrogens with zero attached hydrogens (tertiary/aromatic N) is 4. The monoisotopic (exact) mass is 548 g/mol. The normalized spacial score (nSPS) is 15.8. The third kappa shape index (κ3) is 5.27. The van der Waals surface area contributed by atoms with E-state index in [-0.39, 0.29) is 16.5 Å². The molecule has 0 aliphatic carbocycles. The second kappa shape index (κ2) is 11.2. The first-order valence-corrected chi connectivity index (χ1v) is 14.4. The number of fused-ring (bicyclic) bond motifs is 1. The van der Waals surface area contributed by atoms with Crippen LogP contribution in [0.5, 0.6) is 11.5 Å². The predicted octanol–water partition coefficient (Wildman–Crippen LogP) is 3.86. The standard InChI is InChI=1S/C29H32N4O5S/c1-4-38-24-11-9-22(10-12-24)33-28(30-27-8-6-5-7-26(27)29(33)34)21(2)31-17-19-32(20-18-31)39(35,36)25-15-13-23(37-3)14-16-25/h5-16,21H,4,17-20H2,1-3H3. The molecule has 1 fully saturated rings. The lowest BCUT2D eigenvalue weighted by Crippen LogP contribution is -2.49. The number of aromatic nitrogens is 2. The zero-order chi connectivity index (χ0) is 27.6. The van der Waals surface area contributed by atoms with E-state index in [1.165, 1.54) is 4.31 Å². The molecule has 5 rings (SSSR count). The van der Waals surface area contributed by atoms with E-state index in [0.717, 1.165) is 5.75 Å². The van der Waals surface area contributed by atoms with Crippen LogP contribution in [0.2, 0.25) is 0 Å². The molecule has 2 heterocycles. The van der Waals surface area contributed by atoms with Gasteiger partial charge in [-0.15, -0.1) is 0 Å². The van der Waals surface area contributed by atoms with Crippen LogP contribution < -0.4 is 15.0 Å². The summed E-state index contributed by atoms with van der Waals surface area (Å²) in [5.41, 5.74) is 1.18. The van der Waals surface area contributed by atoms with Gasteiger partial charge < -0.3 is 9.47 Å². The number of sulfonamides is 1. The third-order valence-electron chi connectivity index (χ3n) is 7.10. The van der Waals surface area contributed by atoms with E-state index in [0.29, 0.717) is 61.0 Å². The summed E-state index contributed by atoms with van der Waals surface area (Å²) in [6.07, 6.45) is 0. The molecule has 9 nitrogen and oxygen atoms in total. The molecule has 1 atom stereocenters. The highest BCUT2D eigenvalue weighted by Crippen LogP contribution is 2.27. The number of hydrogen-bond acceptors (Lipinski definition) is 7. The molecule has 0 saturated carbocycles. The fourth-order valence-electron chi connectivity index (χ4n) is 4.93. The zero-order valence-corrected chi connectivity index (χ0v) is 23.1. The Balaban J connectivity index is 1.43. The molecular formula is C29H32N4O5S. The second-order valence-corrected chi connectivity index (χ2v) is 11.3. The molecule has 0 radical (unpaired) electrons. The number of rotatable bonds is 8. The van der Waals surface area contributed by atoms with Crippen molar-refractivity contribution in [3.8, 4) is 17.2 Å². The smallest absolute Gasteiger partial charge is 0.266 e. The molecular weight excluding hydrogens is 516 g/mol. The molecule has 0 amide bonds. The van der Waals surface area contributed by atoms with E-state index < -0.39 is 10.0 Å². The Labute approximate surface area is 228 Å². The molecule has 0 N–H and O–H groups in total. The maximum atomic E-state index is 13.7. The highest BCUT2D eigenvalue weighted by atomic mass is 32.2. The van der Waals surface area contributed by atoms with E-state index in [9.17, 15) is 13.2 Å². The molecule has 1 saturated heterocycles. The van der Waals surface area contributed by atoms with Crippen LogP contribution in [-0.2, 0) is 10.0 Å². The Hall–Kier alpha value is -3.73. The summed E-state index contributed by atoms with van der Waals surface area (Å²) in [6.45, 7) is 6.16. The van der Waals surface area contributed by atoms with Crippen LogP contribution in [0, 0.1) is 0 Å². The van der Waals surface area contributed by atoms with Crippen molar-refractivity contribution in [3.63, 3.8) is 0 Å². The van der Waals surface area contributed by atoms with Gasteiger partial charge >= 0.3 is 0 Å². The average molecular weight is 549 g/mol. The van der Waals surface area contributed by atoms with Crippen LogP contribution in [-0.4, -0.2) is 67.1 Å². The van der Waals surface area contributed by atoms with Crippen molar-refractivity contribution in [2.45, 2.75) is 24.8 Å². The van der Waals surface area contributed by atoms with Gasteiger partial charge in [0.05, 0.1) is 41.2 Å². The summed E-state index contributed by atoms with van der Waals surface area (Å²) in [6, 6.07) is 20.9. The van der Waals surface area contributed by atoms with Gasteiger partial charge in [-0.1, -0.05) is 12.1 Å². The number of methoxy groups -OCH3 is 1. The zero-order valence-electron chi connectivity index (χ0n) is 22.3. The maximum absolute atomic E-state index is 13.7. The Kier molecular flexibility index (Phi) is 7.69. The van der Waals surface area contributed by atoms with E-state index in [1.807, 2.05) is 56.3 Å². The predicted molar refractivity (Wildman–Crippen MR) is 150 cm³/mol. The van der Waals surface area contributed by atoms with Gasteiger partial charge in [-0.3, -0.25) is 14.3 Å². The van der Waals surface area contributed by atoms with Crippen LogP contribution in [0.4, 0.5) is 0 Å². The minimum atomic E-state index is -3.63. The van der Waals surface area contributed by atoms with E-state index in [1.54, 1.807) is 42.0 Å². The summed E-state index contributed by atoms with van der Waals surface area (Å²) in [5.74, 6) is 1.94. The van der Waals surface area contributed by atoms with Crippen molar-refractivity contribution in [2.75, 3.05) is 39.9 Å². The largest absolute Gasteiger partial charge is 0.497 e. The van der Waals surface area contributed by atoms with Crippen molar-refractivity contribution >= 4 is 20.9 Å². The molecule has 204 valence electrons. The van der Waals surface area contributed by atoms with E-state index in [2.05, 4.69) is 4.90 Å². The molecule has 0 bridgehead atoms. The Bertz CT molecular complexity index is 1610. The SMILES string of the molecule is CCOc1ccc(-n2c(C(C)N3CCN(S(=O)(=O)c4ccc(OC)cc4)CC3)nc3ccccc3c2=O)cc1. The maximum Gasteiger partial charge on any atom is 0.266 e. The Morgan fingerprint density at radius 3 is 2.18 bits per heavy atom. The minimum absolute atomic E-state index is 0.146. The first-order valence-electron chi connectivity index (χ1n) is 13.0. The van der Waals surface area contributed by atoms with Gasteiger partial charge in [0.25, 0.3) is 5.56 Å². The van der Waals surface area contributed by atoms with Crippen molar-refractivity contribution < 1.29 is 17.9 Å². The summed E-state index contributed by atoms with van der Waals surface area (Å²) >= 11 is 0. The molecule has 1 unspecified atom stereocenters. The molecule has 1 aliphatic rings. The number of piperazine rings is 1. The summed E-state index contributed by atoms with van der Waals surface area (Å²) < 4.78 is 40.4. The van der Waals surface area contributed by atoms with Gasteiger partial charge in [0.2, 0.25) is 10.0 Å². The molecule has 3 aromatic carbocycles. The Morgan fingerprint density at radius 2 is 1.54 bits per heavy atom. The number of benzene rings is 3. The van der Waals surface area contributed by atoms with Gasteiger partial charge in [0, 0.05) is 26.2 Å². The molecule has 0 spiro atoms. The van der Waals surface area contributed by atoms with Crippen molar-refractivity contribution in [1.29, 1.82) is 0 Å². The summed E-state index contributed by atoms with van der Waals surface area (Å²) in [4.78, 5) is 21.0. The van der Waals surface area contributed by atoms with Crippen LogP contribution in [0.25, 0.3) is 16.6 Å². The molecule has 10 heteroatoms. The first-order chi connectivity index (χ1) is 18.8. The number of para-hydroxylation sites is 1. The molecule has 4 aromatic rings. The third-order valence-corrected chi connectivity index (χ3v) is 9.01. The number of hydrogen-bond donors (Lipinski definition) is 0. The van der Waals surface area contributed by atoms with Crippen molar-refractivity contribution in [1.82, 2.24) is 18.8 Å². The summed E-state index contributed by atoms with van der Waals surface area (Å²) in [7, 11) is -2.08. The lowest BCUT2D eigenvalue weighted by Gasteiger charge is -2.37.